The van der Waals surface area contributed by atoms with Crippen LogP contribution in [0.1, 0.15) is 32.8 Å². The van der Waals surface area contributed by atoms with Crippen LogP contribution in [0.3, 0.4) is 0 Å². The molecule has 0 amide bonds. The topological polar surface area (TPSA) is 3.24 Å². The molecule has 1 aromatic rings. The summed E-state index contributed by atoms with van der Waals surface area (Å²) in [7, 11) is 0. The lowest BCUT2D eigenvalue weighted by molar-refractivity contribution is 0.669. The van der Waals surface area contributed by atoms with Crippen LogP contribution in [0, 0.1) is 0 Å². The summed E-state index contributed by atoms with van der Waals surface area (Å²) in [4.78, 5) is 2.42. The number of anilines is 1. The summed E-state index contributed by atoms with van der Waals surface area (Å²) in [5.74, 6) is 0. The van der Waals surface area contributed by atoms with E-state index >= 15 is 0 Å². The van der Waals surface area contributed by atoms with Crippen LogP contribution in [0.25, 0.3) is 0 Å². The Labute approximate surface area is 112 Å². The quantitative estimate of drug-likeness (QED) is 0.702. The number of nitrogens with zero attached hydrogens (tertiary/aromatic N) is 1. The molecule has 0 saturated carbocycles. The van der Waals surface area contributed by atoms with Crippen LogP contribution in [0.4, 0.5) is 5.69 Å². The lowest BCUT2D eigenvalue weighted by atomic mass is 10.1. The minimum atomic E-state index is 0.513. The van der Waals surface area contributed by atoms with Gasteiger partial charge >= 0.3 is 0 Å². The monoisotopic (exact) mass is 303 g/mol. The molecule has 1 aromatic carbocycles. The summed E-state index contributed by atoms with van der Waals surface area (Å²) in [6.45, 7) is 7.74. The molecular weight excluding hydrogens is 286 g/mol. The molecule has 0 radical (unpaired) electrons. The Hall–Kier alpha value is -0.210. The van der Waals surface area contributed by atoms with Crippen LogP contribution < -0.4 is 4.90 Å². The van der Waals surface area contributed by atoms with Crippen molar-refractivity contribution in [3.05, 3.63) is 28.8 Å². The maximum Gasteiger partial charge on any atom is 0.0410 e. The Morgan fingerprint density at radius 3 is 2.56 bits per heavy atom. The van der Waals surface area contributed by atoms with E-state index in [0.29, 0.717) is 6.04 Å². The van der Waals surface area contributed by atoms with E-state index in [1.165, 1.54) is 11.3 Å². The molecular formula is C13H19BrClN. The zero-order valence-corrected chi connectivity index (χ0v) is 12.5. The Balaban J connectivity index is 3.07. The molecule has 0 aliphatic heterocycles. The van der Waals surface area contributed by atoms with Crippen LogP contribution in [0.15, 0.2) is 18.2 Å². The van der Waals surface area contributed by atoms with E-state index < -0.39 is 0 Å². The average Bonchev–Trinajstić information content (AvgIpc) is 2.26. The number of hydrogen-bond acceptors (Lipinski definition) is 1. The molecule has 0 aliphatic rings. The van der Waals surface area contributed by atoms with E-state index in [-0.39, 0.29) is 0 Å². The summed E-state index contributed by atoms with van der Waals surface area (Å²) >= 11 is 9.54. The SMILES string of the molecule is CCCN(c1ccc(Cl)cc1CBr)C(C)C. The van der Waals surface area contributed by atoms with Gasteiger partial charge in [-0.1, -0.05) is 34.5 Å². The summed E-state index contributed by atoms with van der Waals surface area (Å²) < 4.78 is 0. The third kappa shape index (κ3) is 3.39. The maximum atomic E-state index is 6.02. The largest absolute Gasteiger partial charge is 0.369 e. The molecule has 0 aromatic heterocycles. The van der Waals surface area contributed by atoms with Crippen molar-refractivity contribution in [1.82, 2.24) is 0 Å². The van der Waals surface area contributed by atoms with Gasteiger partial charge in [-0.25, -0.2) is 0 Å². The van der Waals surface area contributed by atoms with Gasteiger partial charge in [-0.3, -0.25) is 0 Å². The minimum Gasteiger partial charge on any atom is -0.369 e. The second-order valence-corrected chi connectivity index (χ2v) is 5.19. The summed E-state index contributed by atoms with van der Waals surface area (Å²) in [5, 5.41) is 1.65. The smallest absolute Gasteiger partial charge is 0.0410 e. The highest BCUT2D eigenvalue weighted by molar-refractivity contribution is 9.08. The third-order valence-corrected chi connectivity index (χ3v) is 3.42. The fraction of sp³-hybridized carbons (Fsp3) is 0.538. The minimum absolute atomic E-state index is 0.513. The first-order chi connectivity index (χ1) is 7.60. The van der Waals surface area contributed by atoms with E-state index in [1.54, 1.807) is 0 Å². The van der Waals surface area contributed by atoms with Gasteiger partial charge in [0, 0.05) is 28.6 Å². The number of halogens is 2. The molecule has 0 fully saturated rings. The molecule has 0 saturated heterocycles. The number of benzene rings is 1. The van der Waals surface area contributed by atoms with Crippen molar-refractivity contribution in [1.29, 1.82) is 0 Å². The lowest BCUT2D eigenvalue weighted by Crippen LogP contribution is -2.32. The van der Waals surface area contributed by atoms with E-state index in [2.05, 4.69) is 47.7 Å². The van der Waals surface area contributed by atoms with E-state index in [0.717, 1.165) is 23.3 Å². The summed E-state index contributed by atoms with van der Waals surface area (Å²) in [6, 6.07) is 6.64. The van der Waals surface area contributed by atoms with Crippen molar-refractivity contribution in [2.45, 2.75) is 38.6 Å². The molecule has 90 valence electrons. The first kappa shape index (κ1) is 13.9. The molecule has 0 bridgehead atoms. The van der Waals surface area contributed by atoms with Crippen molar-refractivity contribution in [3.63, 3.8) is 0 Å². The maximum absolute atomic E-state index is 6.02. The van der Waals surface area contributed by atoms with Crippen molar-refractivity contribution in [2.24, 2.45) is 0 Å². The third-order valence-electron chi connectivity index (χ3n) is 2.58. The van der Waals surface area contributed by atoms with Gasteiger partial charge in [0.25, 0.3) is 0 Å². The van der Waals surface area contributed by atoms with Crippen LogP contribution in [-0.2, 0) is 5.33 Å². The van der Waals surface area contributed by atoms with Gasteiger partial charge in [0.1, 0.15) is 0 Å². The predicted molar refractivity (Wildman–Crippen MR) is 76.9 cm³/mol. The van der Waals surface area contributed by atoms with Gasteiger partial charge in [-0.2, -0.15) is 0 Å². The number of hydrogen-bond donors (Lipinski definition) is 0. The summed E-state index contributed by atoms with van der Waals surface area (Å²) in [5.41, 5.74) is 2.55. The molecule has 0 heterocycles. The summed E-state index contributed by atoms with van der Waals surface area (Å²) in [6.07, 6.45) is 1.16. The highest BCUT2D eigenvalue weighted by atomic mass is 79.9. The fourth-order valence-electron chi connectivity index (χ4n) is 1.84. The number of rotatable bonds is 5. The normalized spacial score (nSPS) is 10.9. The Bertz CT molecular complexity index is 339. The van der Waals surface area contributed by atoms with Crippen LogP contribution >= 0.6 is 27.5 Å². The Morgan fingerprint density at radius 1 is 1.38 bits per heavy atom. The van der Waals surface area contributed by atoms with Crippen molar-refractivity contribution in [2.75, 3.05) is 11.4 Å². The van der Waals surface area contributed by atoms with Gasteiger partial charge < -0.3 is 4.90 Å². The van der Waals surface area contributed by atoms with Gasteiger partial charge in [-0.15, -0.1) is 0 Å². The molecule has 0 aliphatic carbocycles. The van der Waals surface area contributed by atoms with Gasteiger partial charge in [-0.05, 0) is 44.0 Å². The molecule has 0 spiro atoms. The Kier molecular flexibility index (Phi) is 5.63. The standard InChI is InChI=1S/C13H19BrClN/c1-4-7-16(10(2)3)13-6-5-12(15)8-11(13)9-14/h5-6,8,10H,4,7,9H2,1-3H3. The number of alkyl halides is 1. The molecule has 1 rings (SSSR count). The van der Waals surface area contributed by atoms with E-state index in [9.17, 15) is 0 Å². The average molecular weight is 305 g/mol. The fourth-order valence-corrected chi connectivity index (χ4v) is 2.48. The molecule has 0 unspecified atom stereocenters. The highest BCUT2D eigenvalue weighted by Gasteiger charge is 2.13. The van der Waals surface area contributed by atoms with Crippen LogP contribution in [0.5, 0.6) is 0 Å². The Morgan fingerprint density at radius 2 is 2.06 bits per heavy atom. The predicted octanol–water partition coefficient (Wildman–Crippen LogP) is 4.86. The molecule has 0 N–H and O–H groups in total. The second kappa shape index (κ2) is 6.51. The van der Waals surface area contributed by atoms with E-state index in [4.69, 9.17) is 11.6 Å². The van der Waals surface area contributed by atoms with Crippen LogP contribution in [0.2, 0.25) is 5.02 Å². The van der Waals surface area contributed by atoms with Crippen molar-refractivity contribution >= 4 is 33.2 Å². The molecule has 1 nitrogen and oxygen atoms in total. The first-order valence-electron chi connectivity index (χ1n) is 5.71. The van der Waals surface area contributed by atoms with Crippen LogP contribution in [-0.4, -0.2) is 12.6 Å². The lowest BCUT2D eigenvalue weighted by Gasteiger charge is -2.30. The first-order valence-corrected chi connectivity index (χ1v) is 7.21. The highest BCUT2D eigenvalue weighted by Crippen LogP contribution is 2.27. The molecule has 16 heavy (non-hydrogen) atoms. The van der Waals surface area contributed by atoms with Gasteiger partial charge in [0.2, 0.25) is 0 Å². The van der Waals surface area contributed by atoms with Crippen molar-refractivity contribution in [3.8, 4) is 0 Å². The van der Waals surface area contributed by atoms with E-state index in [1.807, 2.05) is 12.1 Å². The second-order valence-electron chi connectivity index (χ2n) is 4.19. The molecule has 3 heteroatoms. The zero-order chi connectivity index (χ0) is 12.1. The van der Waals surface area contributed by atoms with Gasteiger partial charge in [0.15, 0.2) is 0 Å². The molecule has 0 atom stereocenters. The van der Waals surface area contributed by atoms with Gasteiger partial charge in [0.05, 0.1) is 0 Å². The zero-order valence-electron chi connectivity index (χ0n) is 10.1. The van der Waals surface area contributed by atoms with Crippen molar-refractivity contribution < 1.29 is 0 Å².